The predicted molar refractivity (Wildman–Crippen MR) is 147 cm³/mol. The number of piperazine rings is 2. The van der Waals surface area contributed by atoms with E-state index in [1.807, 2.05) is 18.2 Å². The number of nitrogens with zero attached hydrogens (tertiary/aromatic N) is 3. The minimum atomic E-state index is -0.250. The summed E-state index contributed by atoms with van der Waals surface area (Å²) in [6.45, 7) is 8.49. The van der Waals surface area contributed by atoms with Crippen LogP contribution in [0.3, 0.4) is 0 Å². The van der Waals surface area contributed by atoms with Crippen LogP contribution in [0.2, 0.25) is 15.1 Å². The molecule has 0 aromatic heterocycles. The monoisotopic (exact) mass is 567 g/mol. The summed E-state index contributed by atoms with van der Waals surface area (Å²) in [6.07, 6.45) is 0. The summed E-state index contributed by atoms with van der Waals surface area (Å²) in [5.41, 5.74) is 1.51. The molecule has 0 saturated carbocycles. The van der Waals surface area contributed by atoms with Crippen LogP contribution in [-0.2, 0) is 11.3 Å². The maximum absolute atomic E-state index is 12.9. The third kappa shape index (κ3) is 8.21. The lowest BCUT2D eigenvalue weighted by molar-refractivity contribution is -0.133. The van der Waals surface area contributed by atoms with E-state index < -0.39 is 0 Å². The SMILES string of the molecule is O=C(NCCN1CCN(Cc2ccc(Cl)c(Cl)c2)CC1)c1ccc(Cl)cc1OCC(=O)N1CCNCC1. The standard InChI is InChI=1S/C26H32Cl3N5O3/c27-20-2-3-21(24(16-20)37-18-25(35)34-9-5-30-6-10-34)26(36)31-7-8-32-11-13-33(14-12-32)17-19-1-4-22(28)23(29)15-19/h1-4,15-16,30H,5-14,17-18H2,(H,31,36). The van der Waals surface area contributed by atoms with Gasteiger partial charge < -0.3 is 20.3 Å². The van der Waals surface area contributed by atoms with Gasteiger partial charge in [0, 0.05) is 77.0 Å². The topological polar surface area (TPSA) is 77.2 Å². The zero-order valence-corrected chi connectivity index (χ0v) is 22.9. The number of benzene rings is 2. The highest BCUT2D eigenvalue weighted by atomic mass is 35.5. The molecule has 0 bridgehead atoms. The van der Waals surface area contributed by atoms with Gasteiger partial charge in [-0.1, -0.05) is 40.9 Å². The van der Waals surface area contributed by atoms with Crippen molar-refractivity contribution in [2.75, 3.05) is 72.1 Å². The Kier molecular flexibility index (Phi) is 10.3. The lowest BCUT2D eigenvalue weighted by atomic mass is 10.2. The average Bonchev–Trinajstić information content (AvgIpc) is 2.91. The zero-order valence-electron chi connectivity index (χ0n) is 20.6. The predicted octanol–water partition coefficient (Wildman–Crippen LogP) is 3.01. The van der Waals surface area contributed by atoms with Gasteiger partial charge in [-0.3, -0.25) is 19.4 Å². The molecular weight excluding hydrogens is 537 g/mol. The fourth-order valence-electron chi connectivity index (χ4n) is 4.44. The summed E-state index contributed by atoms with van der Waals surface area (Å²) in [5, 5.41) is 7.78. The molecule has 2 aliphatic rings. The van der Waals surface area contributed by atoms with Crippen LogP contribution in [0.1, 0.15) is 15.9 Å². The fraction of sp³-hybridized carbons (Fsp3) is 0.462. The molecular formula is C26H32Cl3N5O3. The molecule has 2 fully saturated rings. The van der Waals surface area contributed by atoms with Crippen LogP contribution >= 0.6 is 34.8 Å². The first-order valence-corrected chi connectivity index (χ1v) is 13.6. The van der Waals surface area contributed by atoms with Crippen molar-refractivity contribution in [2.45, 2.75) is 6.54 Å². The van der Waals surface area contributed by atoms with Crippen molar-refractivity contribution in [3.8, 4) is 5.75 Å². The Bertz CT molecular complexity index is 1090. The summed E-state index contributed by atoms with van der Waals surface area (Å²) in [6, 6.07) is 10.6. The lowest BCUT2D eigenvalue weighted by Gasteiger charge is -2.34. The fourth-order valence-corrected chi connectivity index (χ4v) is 4.92. The molecule has 200 valence electrons. The minimum absolute atomic E-state index is 0.105. The first-order valence-electron chi connectivity index (χ1n) is 12.5. The zero-order chi connectivity index (χ0) is 26.2. The molecule has 0 spiro atoms. The number of halogens is 3. The second kappa shape index (κ2) is 13.6. The van der Waals surface area contributed by atoms with Gasteiger partial charge in [-0.25, -0.2) is 0 Å². The van der Waals surface area contributed by atoms with Crippen molar-refractivity contribution in [2.24, 2.45) is 0 Å². The molecule has 2 aromatic rings. The third-order valence-electron chi connectivity index (χ3n) is 6.58. The maximum atomic E-state index is 12.9. The van der Waals surface area contributed by atoms with E-state index in [2.05, 4.69) is 20.4 Å². The van der Waals surface area contributed by atoms with E-state index in [0.29, 0.717) is 46.0 Å². The van der Waals surface area contributed by atoms with Crippen molar-refractivity contribution < 1.29 is 14.3 Å². The van der Waals surface area contributed by atoms with Crippen LogP contribution in [0.25, 0.3) is 0 Å². The van der Waals surface area contributed by atoms with Crippen LogP contribution in [-0.4, -0.2) is 98.6 Å². The molecule has 2 aromatic carbocycles. The molecule has 0 unspecified atom stereocenters. The van der Waals surface area contributed by atoms with Gasteiger partial charge in [-0.15, -0.1) is 0 Å². The molecule has 2 aliphatic heterocycles. The second-order valence-corrected chi connectivity index (χ2v) is 10.4. The number of ether oxygens (including phenoxy) is 1. The van der Waals surface area contributed by atoms with Crippen LogP contribution in [0.4, 0.5) is 0 Å². The van der Waals surface area contributed by atoms with E-state index in [0.717, 1.165) is 57.9 Å². The Morgan fingerprint density at radius 2 is 1.62 bits per heavy atom. The molecule has 0 radical (unpaired) electrons. The van der Waals surface area contributed by atoms with Crippen molar-refractivity contribution in [1.82, 2.24) is 25.3 Å². The quantitative estimate of drug-likeness (QED) is 0.484. The van der Waals surface area contributed by atoms with Crippen molar-refractivity contribution in [1.29, 1.82) is 0 Å². The van der Waals surface area contributed by atoms with Gasteiger partial charge in [0.1, 0.15) is 5.75 Å². The van der Waals surface area contributed by atoms with E-state index in [1.165, 1.54) is 0 Å². The van der Waals surface area contributed by atoms with E-state index in [4.69, 9.17) is 39.5 Å². The van der Waals surface area contributed by atoms with Gasteiger partial charge >= 0.3 is 0 Å². The molecule has 8 nitrogen and oxygen atoms in total. The lowest BCUT2D eigenvalue weighted by Crippen LogP contribution is -2.48. The number of amides is 2. The Hall–Kier alpha value is -2.07. The van der Waals surface area contributed by atoms with Gasteiger partial charge in [-0.2, -0.15) is 0 Å². The smallest absolute Gasteiger partial charge is 0.260 e. The summed E-state index contributed by atoms with van der Waals surface area (Å²) in [4.78, 5) is 31.8. The molecule has 2 saturated heterocycles. The van der Waals surface area contributed by atoms with E-state index in [-0.39, 0.29) is 18.4 Å². The Morgan fingerprint density at radius 3 is 2.35 bits per heavy atom. The number of hydrogen-bond donors (Lipinski definition) is 2. The van der Waals surface area contributed by atoms with Crippen LogP contribution in [0.5, 0.6) is 5.75 Å². The highest BCUT2D eigenvalue weighted by Crippen LogP contribution is 2.24. The van der Waals surface area contributed by atoms with Crippen LogP contribution in [0, 0.1) is 0 Å². The number of carbonyl (C=O) groups is 2. The second-order valence-electron chi connectivity index (χ2n) is 9.18. The Balaban J connectivity index is 1.21. The Labute approximate surface area is 232 Å². The molecule has 37 heavy (non-hydrogen) atoms. The highest BCUT2D eigenvalue weighted by Gasteiger charge is 2.20. The van der Waals surface area contributed by atoms with E-state index in [1.54, 1.807) is 23.1 Å². The van der Waals surface area contributed by atoms with Crippen molar-refractivity contribution in [3.05, 3.63) is 62.6 Å². The van der Waals surface area contributed by atoms with Crippen LogP contribution < -0.4 is 15.4 Å². The number of nitrogens with one attached hydrogen (secondary N) is 2. The van der Waals surface area contributed by atoms with Gasteiger partial charge in [-0.05, 0) is 35.9 Å². The van der Waals surface area contributed by atoms with Gasteiger partial charge in [0.2, 0.25) is 0 Å². The molecule has 2 amide bonds. The van der Waals surface area contributed by atoms with Crippen molar-refractivity contribution in [3.63, 3.8) is 0 Å². The molecule has 2 heterocycles. The first kappa shape index (κ1) is 28.0. The van der Waals surface area contributed by atoms with Gasteiger partial charge in [0.05, 0.1) is 15.6 Å². The van der Waals surface area contributed by atoms with E-state index >= 15 is 0 Å². The molecule has 11 heteroatoms. The molecule has 4 rings (SSSR count). The number of rotatable bonds is 9. The third-order valence-corrected chi connectivity index (χ3v) is 7.55. The van der Waals surface area contributed by atoms with E-state index in [9.17, 15) is 9.59 Å². The molecule has 0 atom stereocenters. The van der Waals surface area contributed by atoms with Gasteiger partial charge in [0.15, 0.2) is 6.61 Å². The van der Waals surface area contributed by atoms with Crippen molar-refractivity contribution >= 4 is 46.6 Å². The van der Waals surface area contributed by atoms with Crippen LogP contribution in [0.15, 0.2) is 36.4 Å². The minimum Gasteiger partial charge on any atom is -0.483 e. The highest BCUT2D eigenvalue weighted by molar-refractivity contribution is 6.42. The summed E-state index contributed by atoms with van der Waals surface area (Å²) >= 11 is 18.3. The summed E-state index contributed by atoms with van der Waals surface area (Å²) in [5.74, 6) is -0.0462. The van der Waals surface area contributed by atoms with Gasteiger partial charge in [0.25, 0.3) is 11.8 Å². The summed E-state index contributed by atoms with van der Waals surface area (Å²) < 4.78 is 5.74. The first-order chi connectivity index (χ1) is 17.9. The average molecular weight is 569 g/mol. The Morgan fingerprint density at radius 1 is 0.892 bits per heavy atom. The molecule has 0 aliphatic carbocycles. The number of hydrogen-bond acceptors (Lipinski definition) is 6. The largest absolute Gasteiger partial charge is 0.483 e. The maximum Gasteiger partial charge on any atom is 0.260 e. The summed E-state index contributed by atoms with van der Waals surface area (Å²) in [7, 11) is 0. The number of carbonyl (C=O) groups excluding carboxylic acids is 2. The molecule has 2 N–H and O–H groups in total. The normalized spacial score (nSPS) is 17.0.